The molecule has 0 spiro atoms. The van der Waals surface area contributed by atoms with Crippen LogP contribution in [0.2, 0.25) is 0 Å². The number of carbonyl (C=O) groups excluding carboxylic acids is 2. The third-order valence-corrected chi connectivity index (χ3v) is 5.93. The highest BCUT2D eigenvalue weighted by atomic mass is 19.4. The van der Waals surface area contributed by atoms with Gasteiger partial charge in [0.15, 0.2) is 5.82 Å². The lowest BCUT2D eigenvalue weighted by Crippen LogP contribution is -2.42. The molecule has 0 aromatic carbocycles. The standard InChI is InChI=1S/C19H28F3N7O2.2CH2O/c1-12-11-28(8-9-31-12)16-15-10-24-18(29(30)17(15)27-26-16)25-14-4-2-13(3-5-14)23-7-6-19(20,21)22;2*1-2/h10,12-14,23,30H,2-9,11H2,1H3,(H,24,25,26,27);2*1H2/p+1/t12-,13?,14?;;/m0../s1. The minimum absolute atomic E-state index is 0.0504. The molecule has 4 N–H and O–H groups in total. The van der Waals surface area contributed by atoms with Crippen molar-refractivity contribution in [2.24, 2.45) is 0 Å². The second kappa shape index (κ2) is 13.2. The van der Waals surface area contributed by atoms with E-state index in [-0.39, 0.29) is 24.7 Å². The first kappa shape index (κ1) is 28.2. The van der Waals surface area contributed by atoms with Crippen LogP contribution in [0.3, 0.4) is 0 Å². The average molecular weight is 505 g/mol. The number of H-pyrrole nitrogens is 1. The molecule has 1 atom stereocenters. The third kappa shape index (κ3) is 7.75. The van der Waals surface area contributed by atoms with Gasteiger partial charge in [-0.25, -0.2) is 0 Å². The van der Waals surface area contributed by atoms with Crippen LogP contribution >= 0.6 is 0 Å². The fourth-order valence-electron chi connectivity index (χ4n) is 4.29. The van der Waals surface area contributed by atoms with Gasteiger partial charge in [0.25, 0.3) is 5.65 Å². The molecule has 14 heteroatoms. The van der Waals surface area contributed by atoms with E-state index in [9.17, 15) is 18.4 Å². The number of aromatic nitrogens is 4. The van der Waals surface area contributed by atoms with E-state index in [0.717, 1.165) is 48.2 Å². The quantitative estimate of drug-likeness (QED) is 0.342. The maximum atomic E-state index is 12.3. The molecule has 0 amide bonds. The van der Waals surface area contributed by atoms with E-state index >= 15 is 0 Å². The number of alkyl halides is 3. The summed E-state index contributed by atoms with van der Waals surface area (Å²) >= 11 is 0. The van der Waals surface area contributed by atoms with Crippen molar-refractivity contribution < 1.29 is 37.4 Å². The molecule has 0 bridgehead atoms. The Hall–Kier alpha value is -3.00. The fourth-order valence-corrected chi connectivity index (χ4v) is 4.29. The highest BCUT2D eigenvalue weighted by Crippen LogP contribution is 2.25. The molecule has 1 saturated carbocycles. The molecule has 1 aliphatic carbocycles. The van der Waals surface area contributed by atoms with Crippen molar-refractivity contribution in [2.45, 2.75) is 63.4 Å². The lowest BCUT2D eigenvalue weighted by Gasteiger charge is -2.30. The second-order valence-electron chi connectivity index (χ2n) is 8.34. The van der Waals surface area contributed by atoms with Crippen LogP contribution in [-0.2, 0) is 14.3 Å². The van der Waals surface area contributed by atoms with Gasteiger partial charge in [-0.05, 0) is 37.3 Å². The zero-order valence-corrected chi connectivity index (χ0v) is 19.7. The number of aromatic amines is 1. The first-order valence-electron chi connectivity index (χ1n) is 11.3. The van der Waals surface area contributed by atoms with Crippen molar-refractivity contribution >= 4 is 36.4 Å². The number of hydrogen-bond acceptors (Lipinski definition) is 9. The van der Waals surface area contributed by atoms with Crippen molar-refractivity contribution in [1.82, 2.24) is 20.5 Å². The number of anilines is 2. The minimum Gasteiger partial charge on any atom is -0.382 e. The molecule has 2 fully saturated rings. The molecule has 1 saturated heterocycles. The lowest BCUT2D eigenvalue weighted by atomic mass is 9.91. The third-order valence-electron chi connectivity index (χ3n) is 5.93. The smallest absolute Gasteiger partial charge is 0.382 e. The van der Waals surface area contributed by atoms with Gasteiger partial charge >= 0.3 is 12.1 Å². The monoisotopic (exact) mass is 504 g/mol. The van der Waals surface area contributed by atoms with Crippen LogP contribution in [0.5, 0.6) is 0 Å². The van der Waals surface area contributed by atoms with Gasteiger partial charge in [0.05, 0.1) is 25.2 Å². The van der Waals surface area contributed by atoms with E-state index in [0.29, 0.717) is 24.7 Å². The number of fused-ring (bicyclic) bond motifs is 1. The Bertz CT molecular complexity index is 920. The number of carbonyl (C=O) groups is 2. The van der Waals surface area contributed by atoms with Crippen LogP contribution in [0.15, 0.2) is 6.20 Å². The average Bonchev–Trinajstić information content (AvgIpc) is 3.29. The Morgan fingerprint density at radius 3 is 2.51 bits per heavy atom. The molecule has 2 aromatic rings. The molecule has 2 aromatic heterocycles. The highest BCUT2D eigenvalue weighted by Gasteiger charge is 2.30. The minimum atomic E-state index is -4.13. The summed E-state index contributed by atoms with van der Waals surface area (Å²) in [6.07, 6.45) is -0.0415. The first-order chi connectivity index (χ1) is 16.8. The molecule has 0 radical (unpaired) electrons. The number of hydrogen-bond donors (Lipinski definition) is 4. The topological polar surface area (TPSA) is 136 Å². The van der Waals surface area contributed by atoms with Crippen molar-refractivity contribution in [2.75, 3.05) is 36.5 Å². The van der Waals surface area contributed by atoms with E-state index in [2.05, 4.69) is 30.7 Å². The van der Waals surface area contributed by atoms with Gasteiger partial charge in [0, 0.05) is 25.7 Å². The van der Waals surface area contributed by atoms with E-state index in [1.807, 2.05) is 20.5 Å². The number of halogens is 3. The van der Waals surface area contributed by atoms with E-state index in [1.54, 1.807) is 6.20 Å². The summed E-state index contributed by atoms with van der Waals surface area (Å²) in [5.41, 5.74) is 0.453. The number of ether oxygens (including phenoxy) is 1. The summed E-state index contributed by atoms with van der Waals surface area (Å²) in [5.74, 6) is 1.05. The SMILES string of the molecule is C=O.C=O.C[C@H]1CN(c2n[nH]c3c2cnc(NC2CCC(NCCC(F)(F)F)CC2)[n+]3O)CCO1. The normalized spacial score (nSPS) is 22.5. The number of rotatable bonds is 6. The fraction of sp³-hybridized carbons (Fsp3) is 0.667. The van der Waals surface area contributed by atoms with Gasteiger partial charge in [-0.1, -0.05) is 0 Å². The molecule has 196 valence electrons. The largest absolute Gasteiger partial charge is 0.390 e. The molecular formula is C21H33F3N7O4+. The molecule has 2 aliphatic rings. The summed E-state index contributed by atoms with van der Waals surface area (Å²) in [6.45, 7) is 8.01. The summed E-state index contributed by atoms with van der Waals surface area (Å²) in [7, 11) is 0. The zero-order valence-electron chi connectivity index (χ0n) is 19.7. The molecule has 35 heavy (non-hydrogen) atoms. The lowest BCUT2D eigenvalue weighted by molar-refractivity contribution is -0.876. The second-order valence-corrected chi connectivity index (χ2v) is 8.34. The van der Waals surface area contributed by atoms with Crippen molar-refractivity contribution in [3.05, 3.63) is 6.20 Å². The van der Waals surface area contributed by atoms with Crippen molar-refractivity contribution in [3.63, 3.8) is 0 Å². The Morgan fingerprint density at radius 2 is 1.89 bits per heavy atom. The molecule has 4 rings (SSSR count). The van der Waals surface area contributed by atoms with E-state index in [4.69, 9.17) is 14.3 Å². The number of nitrogens with zero attached hydrogens (tertiary/aromatic N) is 4. The Kier molecular flexibility index (Phi) is 10.6. The van der Waals surface area contributed by atoms with E-state index in [1.165, 1.54) is 0 Å². The van der Waals surface area contributed by atoms with Crippen LogP contribution < -0.4 is 20.3 Å². The molecule has 0 unspecified atom stereocenters. The molecule has 3 heterocycles. The van der Waals surface area contributed by atoms with Crippen molar-refractivity contribution in [1.29, 1.82) is 0 Å². The summed E-state index contributed by atoms with van der Waals surface area (Å²) in [4.78, 5) is 22.5. The summed E-state index contributed by atoms with van der Waals surface area (Å²) in [6, 6.07) is 0.176. The molecular weight excluding hydrogens is 471 g/mol. The maximum Gasteiger partial charge on any atom is 0.390 e. The van der Waals surface area contributed by atoms with Gasteiger partial charge in [-0.3, -0.25) is 5.32 Å². The Balaban J connectivity index is 0.00000103. The first-order valence-corrected chi connectivity index (χ1v) is 11.3. The maximum absolute atomic E-state index is 12.3. The summed E-state index contributed by atoms with van der Waals surface area (Å²) < 4.78 is 43.4. The highest BCUT2D eigenvalue weighted by molar-refractivity contribution is 5.85. The van der Waals surface area contributed by atoms with Crippen LogP contribution in [0.25, 0.3) is 11.0 Å². The van der Waals surface area contributed by atoms with Crippen LogP contribution in [0.1, 0.15) is 39.0 Å². The van der Waals surface area contributed by atoms with E-state index < -0.39 is 12.6 Å². The number of nitrogens with one attached hydrogen (secondary N) is 3. The van der Waals surface area contributed by atoms with Crippen LogP contribution in [0.4, 0.5) is 24.9 Å². The molecule has 11 nitrogen and oxygen atoms in total. The van der Waals surface area contributed by atoms with Crippen molar-refractivity contribution in [3.8, 4) is 0 Å². The van der Waals surface area contributed by atoms with Gasteiger partial charge in [-0.15, -0.1) is 10.1 Å². The van der Waals surface area contributed by atoms with Gasteiger partial charge < -0.3 is 29.7 Å². The Labute approximate surface area is 201 Å². The predicted octanol–water partition coefficient (Wildman–Crippen LogP) is 1.60. The molecule has 1 aliphatic heterocycles. The zero-order chi connectivity index (χ0) is 26.0. The van der Waals surface area contributed by atoms with Crippen LogP contribution in [0, 0.1) is 0 Å². The van der Waals surface area contributed by atoms with Crippen LogP contribution in [-0.4, -0.2) is 84.6 Å². The summed E-state index contributed by atoms with van der Waals surface area (Å²) in [5, 5.41) is 24.9. The van der Waals surface area contributed by atoms with Gasteiger partial charge in [0.2, 0.25) is 0 Å². The van der Waals surface area contributed by atoms with Gasteiger partial charge in [0.1, 0.15) is 25.2 Å². The Morgan fingerprint density at radius 1 is 1.23 bits per heavy atom. The number of morpholine rings is 1. The predicted molar refractivity (Wildman–Crippen MR) is 121 cm³/mol. The van der Waals surface area contributed by atoms with Gasteiger partial charge in [-0.2, -0.15) is 18.3 Å².